The Kier molecular flexibility index (Phi) is 6.60. The lowest BCUT2D eigenvalue weighted by atomic mass is 10.2. The maximum Gasteiger partial charge on any atom is 0.341 e. The molecular formula is C16H17ClO3. The Labute approximate surface area is 124 Å². The fourth-order valence-corrected chi connectivity index (χ4v) is 1.75. The molecule has 0 amide bonds. The summed E-state index contributed by atoms with van der Waals surface area (Å²) in [6.07, 6.45) is 3.01. The molecule has 0 bridgehead atoms. The molecule has 0 aliphatic rings. The third-order valence-electron chi connectivity index (χ3n) is 2.57. The van der Waals surface area contributed by atoms with Crippen LogP contribution < -0.4 is 0 Å². The van der Waals surface area contributed by atoms with Gasteiger partial charge in [0.2, 0.25) is 0 Å². The van der Waals surface area contributed by atoms with Crippen molar-refractivity contribution < 1.29 is 14.3 Å². The molecule has 0 spiro atoms. The normalized spacial score (nSPS) is 12.4. The van der Waals surface area contributed by atoms with E-state index in [-0.39, 0.29) is 23.0 Å². The second kappa shape index (κ2) is 8.23. The van der Waals surface area contributed by atoms with Gasteiger partial charge < -0.3 is 9.47 Å². The van der Waals surface area contributed by atoms with E-state index in [0.717, 1.165) is 5.56 Å². The largest absolute Gasteiger partial charge is 0.494 e. The lowest BCUT2D eigenvalue weighted by Gasteiger charge is -2.11. The third kappa shape index (κ3) is 4.28. The number of benzene rings is 1. The van der Waals surface area contributed by atoms with E-state index < -0.39 is 5.97 Å². The molecular weight excluding hydrogens is 276 g/mol. The Bertz CT molecular complexity index is 530. The van der Waals surface area contributed by atoms with Crippen molar-refractivity contribution in [1.82, 2.24) is 0 Å². The first-order chi connectivity index (χ1) is 9.63. The molecule has 0 atom stereocenters. The van der Waals surface area contributed by atoms with Gasteiger partial charge in [0.25, 0.3) is 0 Å². The van der Waals surface area contributed by atoms with Gasteiger partial charge in [0, 0.05) is 0 Å². The van der Waals surface area contributed by atoms with Gasteiger partial charge in [-0.15, -0.1) is 0 Å². The second-order valence-electron chi connectivity index (χ2n) is 3.85. The number of methoxy groups -OCH3 is 1. The molecule has 106 valence electrons. The Morgan fingerprint density at radius 1 is 1.35 bits per heavy atom. The van der Waals surface area contributed by atoms with Crippen LogP contribution in [0.3, 0.4) is 0 Å². The van der Waals surface area contributed by atoms with E-state index in [0.29, 0.717) is 0 Å². The van der Waals surface area contributed by atoms with E-state index in [9.17, 15) is 4.79 Å². The van der Waals surface area contributed by atoms with Crippen molar-refractivity contribution in [3.8, 4) is 0 Å². The number of allylic oxidation sites excluding steroid dienone is 3. The Morgan fingerprint density at radius 2 is 2.00 bits per heavy atom. The number of hydrogen-bond donors (Lipinski definition) is 0. The zero-order valence-corrected chi connectivity index (χ0v) is 12.3. The Hall–Kier alpha value is -2.00. The average Bonchev–Trinajstić information content (AvgIpc) is 2.50. The van der Waals surface area contributed by atoms with Crippen molar-refractivity contribution in [3.05, 3.63) is 71.0 Å². The van der Waals surface area contributed by atoms with E-state index in [1.165, 1.54) is 13.2 Å². The lowest BCUT2D eigenvalue weighted by Crippen LogP contribution is -2.11. The van der Waals surface area contributed by atoms with Crippen molar-refractivity contribution in [2.45, 2.75) is 13.5 Å². The topological polar surface area (TPSA) is 35.5 Å². The quantitative estimate of drug-likeness (QED) is 0.344. The zero-order chi connectivity index (χ0) is 15.0. The number of hydrogen-bond acceptors (Lipinski definition) is 3. The number of rotatable bonds is 6. The van der Waals surface area contributed by atoms with E-state index in [4.69, 9.17) is 21.1 Å². The first kappa shape index (κ1) is 16.1. The first-order valence-electron chi connectivity index (χ1n) is 6.08. The van der Waals surface area contributed by atoms with Gasteiger partial charge in [-0.3, -0.25) is 0 Å². The van der Waals surface area contributed by atoms with Gasteiger partial charge in [0.15, 0.2) is 5.76 Å². The molecule has 0 N–H and O–H groups in total. The van der Waals surface area contributed by atoms with Gasteiger partial charge in [-0.25, -0.2) is 4.79 Å². The molecule has 0 aliphatic heterocycles. The van der Waals surface area contributed by atoms with Gasteiger partial charge in [-0.1, -0.05) is 54.6 Å². The molecule has 1 aromatic carbocycles. The summed E-state index contributed by atoms with van der Waals surface area (Å²) in [5.41, 5.74) is 1.18. The van der Waals surface area contributed by atoms with Crippen LogP contribution in [0.15, 0.2) is 65.4 Å². The van der Waals surface area contributed by atoms with Crippen molar-refractivity contribution in [2.24, 2.45) is 0 Å². The maximum atomic E-state index is 12.1. The zero-order valence-electron chi connectivity index (χ0n) is 11.6. The van der Waals surface area contributed by atoms with Gasteiger partial charge in [-0.05, 0) is 18.6 Å². The van der Waals surface area contributed by atoms with Crippen LogP contribution in [0, 0.1) is 0 Å². The molecule has 1 aromatic rings. The molecule has 1 rings (SSSR count). The summed E-state index contributed by atoms with van der Waals surface area (Å²) in [7, 11) is 1.44. The maximum absolute atomic E-state index is 12.1. The minimum Gasteiger partial charge on any atom is -0.494 e. The standard InChI is InChI=1S/C16H17ClO3/c1-4-13(15(19-3)14(17)5-2)16(18)20-11-12-9-7-6-8-10-12/h4-10H,2,11H2,1,3H3/b13-4+,15-14-. The number of carbonyl (C=O) groups is 1. The average molecular weight is 293 g/mol. The van der Waals surface area contributed by atoms with E-state index in [1.807, 2.05) is 30.3 Å². The van der Waals surface area contributed by atoms with Crippen LogP contribution in [0.25, 0.3) is 0 Å². The molecule has 0 heterocycles. The summed E-state index contributed by atoms with van der Waals surface area (Å²) in [5, 5.41) is 0.261. The fourth-order valence-electron chi connectivity index (χ4n) is 1.57. The summed E-state index contributed by atoms with van der Waals surface area (Å²) >= 11 is 5.95. The lowest BCUT2D eigenvalue weighted by molar-refractivity contribution is -0.140. The molecule has 20 heavy (non-hydrogen) atoms. The molecule has 0 fully saturated rings. The smallest absolute Gasteiger partial charge is 0.341 e. The SMILES string of the molecule is C=C/C(Cl)=C(OC)\C(=C/C)C(=O)OCc1ccccc1. The molecule has 0 saturated carbocycles. The fraction of sp³-hybridized carbons (Fsp3) is 0.188. The van der Waals surface area contributed by atoms with Gasteiger partial charge in [0.1, 0.15) is 6.61 Å². The molecule has 0 saturated heterocycles. The number of esters is 1. The predicted molar refractivity (Wildman–Crippen MR) is 80.1 cm³/mol. The Morgan fingerprint density at radius 3 is 2.50 bits per heavy atom. The highest BCUT2D eigenvalue weighted by molar-refractivity contribution is 6.32. The second-order valence-corrected chi connectivity index (χ2v) is 4.26. The first-order valence-corrected chi connectivity index (χ1v) is 6.45. The van der Waals surface area contributed by atoms with Crippen molar-refractivity contribution in [3.63, 3.8) is 0 Å². The van der Waals surface area contributed by atoms with E-state index >= 15 is 0 Å². The highest BCUT2D eigenvalue weighted by Gasteiger charge is 2.18. The van der Waals surface area contributed by atoms with Crippen LogP contribution in [0.1, 0.15) is 12.5 Å². The summed E-state index contributed by atoms with van der Waals surface area (Å²) in [6.45, 7) is 5.46. The minimum atomic E-state index is -0.492. The summed E-state index contributed by atoms with van der Waals surface area (Å²) < 4.78 is 10.4. The van der Waals surface area contributed by atoms with E-state index in [2.05, 4.69) is 6.58 Å². The predicted octanol–water partition coefficient (Wildman–Crippen LogP) is 3.96. The third-order valence-corrected chi connectivity index (χ3v) is 2.89. The van der Waals surface area contributed by atoms with Crippen molar-refractivity contribution in [1.29, 1.82) is 0 Å². The van der Waals surface area contributed by atoms with Gasteiger partial charge in [0.05, 0.1) is 17.7 Å². The van der Waals surface area contributed by atoms with Crippen LogP contribution in [-0.2, 0) is 20.9 Å². The van der Waals surface area contributed by atoms with Gasteiger partial charge >= 0.3 is 5.97 Å². The molecule has 3 nitrogen and oxygen atoms in total. The summed E-state index contributed by atoms with van der Waals surface area (Å²) in [4.78, 5) is 12.1. The van der Waals surface area contributed by atoms with Crippen LogP contribution in [0.5, 0.6) is 0 Å². The number of carbonyl (C=O) groups excluding carboxylic acids is 1. The molecule has 0 radical (unpaired) electrons. The van der Waals surface area contributed by atoms with Crippen LogP contribution in [0.4, 0.5) is 0 Å². The molecule has 0 aromatic heterocycles. The summed E-state index contributed by atoms with van der Waals surface area (Å²) in [5.74, 6) is -0.240. The van der Waals surface area contributed by atoms with E-state index in [1.54, 1.807) is 13.0 Å². The van der Waals surface area contributed by atoms with Crippen molar-refractivity contribution >= 4 is 17.6 Å². The van der Waals surface area contributed by atoms with Crippen LogP contribution >= 0.6 is 11.6 Å². The highest BCUT2D eigenvalue weighted by atomic mass is 35.5. The highest BCUT2D eigenvalue weighted by Crippen LogP contribution is 2.21. The minimum absolute atomic E-state index is 0.194. The monoisotopic (exact) mass is 292 g/mol. The molecule has 4 heteroatoms. The van der Waals surface area contributed by atoms with Crippen LogP contribution in [0.2, 0.25) is 0 Å². The van der Waals surface area contributed by atoms with Crippen molar-refractivity contribution in [2.75, 3.05) is 7.11 Å². The summed E-state index contributed by atoms with van der Waals surface area (Å²) in [6, 6.07) is 9.43. The number of halogens is 1. The van der Waals surface area contributed by atoms with Crippen LogP contribution in [-0.4, -0.2) is 13.1 Å². The Balaban J connectivity index is 2.81. The number of ether oxygens (including phenoxy) is 2. The molecule has 0 unspecified atom stereocenters. The molecule has 0 aliphatic carbocycles. The van der Waals surface area contributed by atoms with Gasteiger partial charge in [-0.2, -0.15) is 0 Å².